The molecule has 0 spiro atoms. The van der Waals surface area contributed by atoms with Crippen LogP contribution in [0.25, 0.3) is 0 Å². The number of hydrogen-bond donors (Lipinski definition) is 0. The first-order valence-corrected chi connectivity index (χ1v) is 4.61. The highest BCUT2D eigenvalue weighted by Crippen LogP contribution is 2.05. The van der Waals surface area contributed by atoms with E-state index in [1.807, 2.05) is 16.8 Å². The lowest BCUT2D eigenvalue weighted by Gasteiger charge is -2.01. The Morgan fingerprint density at radius 2 is 2.55 bits per heavy atom. The van der Waals surface area contributed by atoms with Crippen LogP contribution in [0.4, 0.5) is 0 Å². The first kappa shape index (κ1) is 8.58. The fourth-order valence-corrected chi connectivity index (χ4v) is 1.40. The molecule has 1 aromatic heterocycles. The minimum atomic E-state index is -0.285. The molecule has 0 radical (unpaired) electrons. The van der Waals surface area contributed by atoms with Crippen LogP contribution >= 0.6 is 22.6 Å². The van der Waals surface area contributed by atoms with Gasteiger partial charge in [-0.2, -0.15) is 0 Å². The van der Waals surface area contributed by atoms with Gasteiger partial charge in [-0.05, 0) is 12.1 Å². The molecule has 0 unspecified atom stereocenters. The minimum absolute atomic E-state index is 0.285. The highest BCUT2D eigenvalue weighted by Gasteiger charge is 2.08. The number of nitrogens with zero attached hydrogens (tertiary/aromatic N) is 1. The SMILES string of the molecule is COC(=O)c1cccn1CI. The molecule has 11 heavy (non-hydrogen) atoms. The van der Waals surface area contributed by atoms with E-state index >= 15 is 0 Å². The van der Waals surface area contributed by atoms with Gasteiger partial charge in [0, 0.05) is 6.20 Å². The molecule has 4 heteroatoms. The van der Waals surface area contributed by atoms with Gasteiger partial charge in [0.25, 0.3) is 0 Å². The third kappa shape index (κ3) is 1.74. The molecule has 0 amide bonds. The monoisotopic (exact) mass is 265 g/mol. The van der Waals surface area contributed by atoms with E-state index in [1.54, 1.807) is 6.07 Å². The largest absolute Gasteiger partial charge is 0.464 e. The summed E-state index contributed by atoms with van der Waals surface area (Å²) < 4.78 is 7.16. The van der Waals surface area contributed by atoms with E-state index in [9.17, 15) is 4.79 Å². The number of carbonyl (C=O) groups is 1. The van der Waals surface area contributed by atoms with Gasteiger partial charge in [-0.25, -0.2) is 4.79 Å². The zero-order valence-corrected chi connectivity index (χ0v) is 8.24. The Labute approximate surface area is 78.5 Å². The number of esters is 1. The van der Waals surface area contributed by atoms with E-state index in [0.717, 1.165) is 4.55 Å². The number of rotatable bonds is 2. The van der Waals surface area contributed by atoms with Crippen LogP contribution in [-0.2, 0) is 9.29 Å². The van der Waals surface area contributed by atoms with Gasteiger partial charge in [0.15, 0.2) is 0 Å². The lowest BCUT2D eigenvalue weighted by atomic mass is 10.4. The van der Waals surface area contributed by atoms with Gasteiger partial charge in [0.1, 0.15) is 5.69 Å². The van der Waals surface area contributed by atoms with Crippen molar-refractivity contribution in [2.75, 3.05) is 7.11 Å². The maximum absolute atomic E-state index is 11.0. The van der Waals surface area contributed by atoms with Crippen LogP contribution in [0.2, 0.25) is 0 Å². The second kappa shape index (κ2) is 3.75. The first-order chi connectivity index (χ1) is 5.29. The quantitative estimate of drug-likeness (QED) is 0.462. The Kier molecular flexibility index (Phi) is 2.92. The molecule has 0 saturated carbocycles. The topological polar surface area (TPSA) is 31.2 Å². The van der Waals surface area contributed by atoms with Crippen LogP contribution in [0.15, 0.2) is 18.3 Å². The van der Waals surface area contributed by atoms with Crippen molar-refractivity contribution in [3.63, 3.8) is 0 Å². The Hall–Kier alpha value is -0.520. The van der Waals surface area contributed by atoms with Gasteiger partial charge in [-0.15, -0.1) is 0 Å². The molecular weight excluding hydrogens is 257 g/mol. The summed E-state index contributed by atoms with van der Waals surface area (Å²) in [6.45, 7) is 0. The Morgan fingerprint density at radius 3 is 3.09 bits per heavy atom. The summed E-state index contributed by atoms with van der Waals surface area (Å²) in [5.74, 6) is -0.285. The molecule has 0 atom stereocenters. The van der Waals surface area contributed by atoms with Crippen LogP contribution in [0.5, 0.6) is 0 Å². The molecule has 1 aromatic rings. The van der Waals surface area contributed by atoms with Crippen molar-refractivity contribution in [1.29, 1.82) is 0 Å². The van der Waals surface area contributed by atoms with Gasteiger partial charge in [-0.3, -0.25) is 0 Å². The number of halogens is 1. The molecule has 0 aliphatic carbocycles. The molecule has 60 valence electrons. The maximum atomic E-state index is 11.0. The Morgan fingerprint density at radius 1 is 1.82 bits per heavy atom. The molecule has 1 heterocycles. The summed E-state index contributed by atoms with van der Waals surface area (Å²) in [5.41, 5.74) is 0.599. The predicted molar refractivity (Wildman–Crippen MR) is 49.8 cm³/mol. The number of carbonyl (C=O) groups excluding carboxylic acids is 1. The van der Waals surface area contributed by atoms with Crippen LogP contribution in [0.1, 0.15) is 10.5 Å². The molecule has 0 aliphatic heterocycles. The molecule has 0 fully saturated rings. The van der Waals surface area contributed by atoms with Crippen LogP contribution < -0.4 is 0 Å². The highest BCUT2D eigenvalue weighted by atomic mass is 127. The normalized spacial score (nSPS) is 9.64. The van der Waals surface area contributed by atoms with E-state index in [0.29, 0.717) is 5.69 Å². The van der Waals surface area contributed by atoms with Crippen molar-refractivity contribution in [3.8, 4) is 0 Å². The van der Waals surface area contributed by atoms with E-state index in [2.05, 4.69) is 27.3 Å². The van der Waals surface area contributed by atoms with Crippen molar-refractivity contribution < 1.29 is 9.53 Å². The lowest BCUT2D eigenvalue weighted by molar-refractivity contribution is 0.0590. The highest BCUT2D eigenvalue weighted by molar-refractivity contribution is 14.1. The Balaban J connectivity index is 2.92. The molecular formula is C7H8INO2. The number of alkyl halides is 1. The van der Waals surface area contributed by atoms with Gasteiger partial charge in [-0.1, -0.05) is 22.6 Å². The van der Waals surface area contributed by atoms with Crippen LogP contribution in [-0.4, -0.2) is 17.6 Å². The summed E-state index contributed by atoms with van der Waals surface area (Å²) in [6.07, 6.45) is 1.85. The number of aromatic nitrogens is 1. The van der Waals surface area contributed by atoms with Crippen LogP contribution in [0.3, 0.4) is 0 Å². The summed E-state index contributed by atoms with van der Waals surface area (Å²) in [7, 11) is 1.38. The van der Waals surface area contributed by atoms with Gasteiger partial charge in [0.2, 0.25) is 0 Å². The number of hydrogen-bond acceptors (Lipinski definition) is 2. The summed E-state index contributed by atoms with van der Waals surface area (Å²) in [6, 6.07) is 3.56. The van der Waals surface area contributed by atoms with Crippen molar-refractivity contribution in [2.24, 2.45) is 0 Å². The molecule has 0 N–H and O–H groups in total. The van der Waals surface area contributed by atoms with E-state index < -0.39 is 0 Å². The van der Waals surface area contributed by atoms with E-state index in [1.165, 1.54) is 7.11 Å². The zero-order chi connectivity index (χ0) is 8.27. The third-order valence-electron chi connectivity index (χ3n) is 1.35. The molecule has 0 saturated heterocycles. The smallest absolute Gasteiger partial charge is 0.354 e. The maximum Gasteiger partial charge on any atom is 0.354 e. The van der Waals surface area contributed by atoms with Gasteiger partial charge in [0.05, 0.1) is 11.7 Å². The zero-order valence-electron chi connectivity index (χ0n) is 6.08. The van der Waals surface area contributed by atoms with Gasteiger partial charge >= 0.3 is 5.97 Å². The Bertz CT molecular complexity index is 257. The first-order valence-electron chi connectivity index (χ1n) is 3.09. The lowest BCUT2D eigenvalue weighted by Crippen LogP contribution is -2.07. The van der Waals surface area contributed by atoms with Crippen molar-refractivity contribution in [2.45, 2.75) is 4.55 Å². The number of methoxy groups -OCH3 is 1. The second-order valence-electron chi connectivity index (χ2n) is 1.97. The fraction of sp³-hybridized carbons (Fsp3) is 0.286. The second-order valence-corrected chi connectivity index (χ2v) is 2.66. The predicted octanol–water partition coefficient (Wildman–Crippen LogP) is 1.67. The minimum Gasteiger partial charge on any atom is -0.464 e. The molecule has 0 aromatic carbocycles. The summed E-state index contributed by atoms with van der Waals surface area (Å²) >= 11 is 2.18. The van der Waals surface area contributed by atoms with Crippen molar-refractivity contribution >= 4 is 28.6 Å². The standard InChI is InChI=1S/C7H8INO2/c1-11-7(10)6-3-2-4-9(6)5-8/h2-4H,5H2,1H3. The van der Waals surface area contributed by atoms with Crippen molar-refractivity contribution in [3.05, 3.63) is 24.0 Å². The molecule has 0 aliphatic rings. The summed E-state index contributed by atoms with van der Waals surface area (Å²) in [5, 5.41) is 0. The molecule has 1 rings (SSSR count). The van der Waals surface area contributed by atoms with E-state index in [-0.39, 0.29) is 5.97 Å². The fourth-order valence-electron chi connectivity index (χ4n) is 0.808. The average Bonchev–Trinajstić information content (AvgIpc) is 2.50. The van der Waals surface area contributed by atoms with Crippen LogP contribution in [0, 0.1) is 0 Å². The number of ether oxygens (including phenoxy) is 1. The molecule has 0 bridgehead atoms. The van der Waals surface area contributed by atoms with E-state index in [4.69, 9.17) is 0 Å². The third-order valence-corrected chi connectivity index (χ3v) is 2.09. The van der Waals surface area contributed by atoms with Gasteiger partial charge < -0.3 is 9.30 Å². The molecule has 3 nitrogen and oxygen atoms in total. The summed E-state index contributed by atoms with van der Waals surface area (Å²) in [4.78, 5) is 11.0. The average molecular weight is 265 g/mol. The van der Waals surface area contributed by atoms with Crippen molar-refractivity contribution in [1.82, 2.24) is 4.57 Å².